The second-order valence-corrected chi connectivity index (χ2v) is 8.13. The molecule has 0 saturated carbocycles. The van der Waals surface area contributed by atoms with E-state index < -0.39 is 15.8 Å². The van der Waals surface area contributed by atoms with E-state index in [-0.39, 0.29) is 24.4 Å². The lowest BCUT2D eigenvalue weighted by atomic mass is 10.1. The Kier molecular flexibility index (Phi) is 5.29. The van der Waals surface area contributed by atoms with E-state index in [1.807, 2.05) is 31.2 Å². The van der Waals surface area contributed by atoms with Crippen molar-refractivity contribution in [3.63, 3.8) is 0 Å². The fourth-order valence-corrected chi connectivity index (χ4v) is 4.35. The molecule has 6 nitrogen and oxygen atoms in total. The quantitative estimate of drug-likeness (QED) is 0.813. The average molecular weight is 365 g/mol. The number of ether oxygens (including phenoxy) is 1. The summed E-state index contributed by atoms with van der Waals surface area (Å²) in [5.74, 6) is -0.578. The molecule has 2 aromatic rings. The maximum Gasteiger partial charge on any atom is 0.316 e. The minimum Gasteiger partial charge on any atom is -0.459 e. The highest BCUT2D eigenvalue weighted by molar-refractivity contribution is 7.88. The highest BCUT2D eigenvalue weighted by atomic mass is 32.2. The van der Waals surface area contributed by atoms with Gasteiger partial charge in [0, 0.05) is 6.54 Å². The van der Waals surface area contributed by atoms with Crippen LogP contribution in [0.25, 0.3) is 0 Å². The Hall–Kier alpha value is -2.06. The van der Waals surface area contributed by atoms with Crippen molar-refractivity contribution < 1.29 is 17.5 Å². The predicted molar refractivity (Wildman–Crippen MR) is 91.0 cm³/mol. The first-order valence-corrected chi connectivity index (χ1v) is 9.71. The van der Waals surface area contributed by atoms with Crippen molar-refractivity contribution in [2.24, 2.45) is 0 Å². The van der Waals surface area contributed by atoms with Gasteiger partial charge in [0.25, 0.3) is 0 Å². The summed E-state index contributed by atoms with van der Waals surface area (Å²) in [7, 11) is -3.43. The zero-order valence-electron chi connectivity index (χ0n) is 13.9. The molecule has 1 aliphatic rings. The van der Waals surface area contributed by atoms with Crippen LogP contribution in [0.1, 0.15) is 24.0 Å². The van der Waals surface area contributed by atoms with Crippen LogP contribution in [0.3, 0.4) is 0 Å². The van der Waals surface area contributed by atoms with Gasteiger partial charge >= 0.3 is 6.01 Å². The molecule has 1 saturated heterocycles. The molecule has 0 bridgehead atoms. The van der Waals surface area contributed by atoms with E-state index in [0.29, 0.717) is 19.4 Å². The maximum atomic E-state index is 12.8. The minimum absolute atomic E-state index is 0.0347. The Labute approximate surface area is 146 Å². The number of nitrogens with zero attached hydrogens (tertiary/aromatic N) is 3. The summed E-state index contributed by atoms with van der Waals surface area (Å²) in [6.07, 6.45) is 3.11. The van der Waals surface area contributed by atoms with E-state index >= 15 is 0 Å². The van der Waals surface area contributed by atoms with E-state index in [4.69, 9.17) is 4.74 Å². The van der Waals surface area contributed by atoms with Gasteiger partial charge in [-0.1, -0.05) is 29.8 Å². The van der Waals surface area contributed by atoms with E-state index in [1.165, 1.54) is 4.31 Å². The van der Waals surface area contributed by atoms with Crippen LogP contribution in [0.4, 0.5) is 4.39 Å². The smallest absolute Gasteiger partial charge is 0.316 e. The van der Waals surface area contributed by atoms with Gasteiger partial charge in [0.2, 0.25) is 10.0 Å². The number of benzene rings is 1. The third kappa shape index (κ3) is 4.73. The van der Waals surface area contributed by atoms with Gasteiger partial charge in [-0.3, -0.25) is 0 Å². The first-order chi connectivity index (χ1) is 11.9. The summed E-state index contributed by atoms with van der Waals surface area (Å²) in [6, 6.07) is 7.52. The Morgan fingerprint density at radius 3 is 2.60 bits per heavy atom. The van der Waals surface area contributed by atoms with Crippen molar-refractivity contribution >= 4 is 10.0 Å². The van der Waals surface area contributed by atoms with Gasteiger partial charge in [-0.15, -0.1) is 0 Å². The van der Waals surface area contributed by atoms with Gasteiger partial charge in [-0.25, -0.2) is 22.8 Å². The first-order valence-electron chi connectivity index (χ1n) is 8.10. The Morgan fingerprint density at radius 1 is 1.24 bits per heavy atom. The van der Waals surface area contributed by atoms with Gasteiger partial charge in [0.1, 0.15) is 6.10 Å². The van der Waals surface area contributed by atoms with Crippen molar-refractivity contribution in [2.45, 2.75) is 31.6 Å². The molecule has 2 heterocycles. The Bertz CT molecular complexity index is 810. The molecular weight excluding hydrogens is 345 g/mol. The molecule has 1 unspecified atom stereocenters. The molecular formula is C17H20FN3O3S. The lowest BCUT2D eigenvalue weighted by molar-refractivity contribution is 0.119. The van der Waals surface area contributed by atoms with Crippen LogP contribution in [-0.4, -0.2) is 41.9 Å². The van der Waals surface area contributed by atoms with E-state index in [1.54, 1.807) is 0 Å². The predicted octanol–water partition coefficient (Wildman–Crippen LogP) is 2.30. The number of hydrogen-bond acceptors (Lipinski definition) is 5. The molecule has 0 aliphatic carbocycles. The van der Waals surface area contributed by atoms with Gasteiger partial charge in [-0.2, -0.15) is 4.31 Å². The number of halogens is 1. The summed E-state index contributed by atoms with van der Waals surface area (Å²) < 4.78 is 45.2. The molecule has 8 heteroatoms. The minimum atomic E-state index is -3.43. The number of aromatic nitrogens is 2. The fraction of sp³-hybridized carbons (Fsp3) is 0.412. The van der Waals surface area contributed by atoms with Crippen LogP contribution in [0.5, 0.6) is 6.01 Å². The van der Waals surface area contributed by atoms with E-state index in [0.717, 1.165) is 23.5 Å². The topological polar surface area (TPSA) is 72.4 Å². The van der Waals surface area contributed by atoms with Crippen LogP contribution in [0, 0.1) is 12.7 Å². The van der Waals surface area contributed by atoms with Gasteiger partial charge < -0.3 is 4.74 Å². The molecule has 0 radical (unpaired) electrons. The lowest BCUT2D eigenvalue weighted by Gasteiger charge is -2.31. The summed E-state index contributed by atoms with van der Waals surface area (Å²) in [5, 5.41) is 0. The Morgan fingerprint density at radius 2 is 1.92 bits per heavy atom. The molecule has 0 amide bonds. The van der Waals surface area contributed by atoms with Crippen molar-refractivity contribution in [1.82, 2.24) is 14.3 Å². The highest BCUT2D eigenvalue weighted by Gasteiger charge is 2.30. The molecule has 1 atom stereocenters. The third-order valence-corrected chi connectivity index (χ3v) is 5.89. The molecule has 134 valence electrons. The van der Waals surface area contributed by atoms with E-state index in [2.05, 4.69) is 9.97 Å². The second-order valence-electron chi connectivity index (χ2n) is 6.17. The van der Waals surface area contributed by atoms with Crippen molar-refractivity contribution in [1.29, 1.82) is 0 Å². The summed E-state index contributed by atoms with van der Waals surface area (Å²) in [5.41, 5.74) is 1.85. The van der Waals surface area contributed by atoms with E-state index in [9.17, 15) is 12.8 Å². The highest BCUT2D eigenvalue weighted by Crippen LogP contribution is 2.20. The number of hydrogen-bond donors (Lipinski definition) is 0. The van der Waals surface area contributed by atoms with Gasteiger partial charge in [0.05, 0.1) is 24.7 Å². The number of aryl methyl sites for hydroxylation is 1. The third-order valence-electron chi connectivity index (χ3n) is 4.07. The van der Waals surface area contributed by atoms with Crippen LogP contribution >= 0.6 is 0 Å². The van der Waals surface area contributed by atoms with Crippen molar-refractivity contribution in [2.75, 3.05) is 13.1 Å². The second kappa shape index (κ2) is 7.45. The maximum absolute atomic E-state index is 12.8. The molecule has 1 aromatic heterocycles. The molecule has 3 rings (SSSR count). The fourth-order valence-electron chi connectivity index (χ4n) is 2.75. The number of sulfonamides is 1. The van der Waals surface area contributed by atoms with Crippen molar-refractivity contribution in [3.05, 3.63) is 53.6 Å². The zero-order chi connectivity index (χ0) is 17.9. The molecule has 1 aliphatic heterocycles. The number of piperidine rings is 1. The average Bonchev–Trinajstić information content (AvgIpc) is 2.59. The van der Waals surface area contributed by atoms with Crippen LogP contribution in [-0.2, 0) is 15.8 Å². The van der Waals surface area contributed by atoms with Crippen LogP contribution < -0.4 is 4.74 Å². The first kappa shape index (κ1) is 17.8. The summed E-state index contributed by atoms with van der Waals surface area (Å²) in [6.45, 7) is 2.68. The zero-order valence-corrected chi connectivity index (χ0v) is 14.7. The van der Waals surface area contributed by atoms with Gasteiger partial charge in [0.15, 0.2) is 5.82 Å². The van der Waals surface area contributed by atoms with Crippen LogP contribution in [0.15, 0.2) is 36.7 Å². The summed E-state index contributed by atoms with van der Waals surface area (Å²) >= 11 is 0. The van der Waals surface area contributed by atoms with Crippen molar-refractivity contribution in [3.8, 4) is 6.01 Å². The standard InChI is InChI=1S/C17H20FN3O3S/c1-13-4-6-14(7-5-13)12-25(22,23)21-8-2-3-16(11-21)24-17-19-9-15(18)10-20-17/h4-7,9-10,16H,2-3,8,11-12H2,1H3. The Balaban J connectivity index is 1.65. The van der Waals surface area contributed by atoms with Crippen LogP contribution in [0.2, 0.25) is 0 Å². The largest absolute Gasteiger partial charge is 0.459 e. The summed E-state index contributed by atoms with van der Waals surface area (Å²) in [4.78, 5) is 7.52. The molecule has 1 aromatic carbocycles. The molecule has 1 fully saturated rings. The SMILES string of the molecule is Cc1ccc(CS(=O)(=O)N2CCCC(Oc3ncc(F)cn3)C2)cc1. The van der Waals surface area contributed by atoms with Gasteiger partial charge in [-0.05, 0) is 25.3 Å². The lowest BCUT2D eigenvalue weighted by Crippen LogP contribution is -2.44. The molecule has 0 spiro atoms. The molecule has 0 N–H and O–H groups in total. The normalized spacial score (nSPS) is 18.9. The molecule has 25 heavy (non-hydrogen) atoms. The number of rotatable bonds is 5. The monoisotopic (exact) mass is 365 g/mol.